The lowest BCUT2D eigenvalue weighted by atomic mass is 9.86. The third-order valence-electron chi connectivity index (χ3n) is 6.91. The molecule has 3 atom stereocenters. The van der Waals surface area contributed by atoms with Crippen LogP contribution in [0.4, 0.5) is 11.4 Å². The van der Waals surface area contributed by atoms with E-state index < -0.39 is 10.0 Å². The molecule has 1 heterocycles. The SMILES string of the molecule is CC(C)CNc1ccc(S(=O)(=O)N2CCOCC2)cc1NC(=O)CC1CC2CCC1C2. The summed E-state index contributed by atoms with van der Waals surface area (Å²) in [5.41, 5.74) is 1.30. The van der Waals surface area contributed by atoms with Gasteiger partial charge in [-0.15, -0.1) is 0 Å². The number of carbonyl (C=O) groups is 1. The molecular weight excluding hydrogens is 414 g/mol. The Balaban J connectivity index is 1.52. The number of anilines is 2. The molecule has 0 aromatic heterocycles. The van der Waals surface area contributed by atoms with Crippen LogP contribution in [0.25, 0.3) is 0 Å². The van der Waals surface area contributed by atoms with Crippen LogP contribution in [0.15, 0.2) is 23.1 Å². The van der Waals surface area contributed by atoms with E-state index in [0.717, 1.165) is 24.6 Å². The number of nitrogens with one attached hydrogen (secondary N) is 2. The Morgan fingerprint density at radius 1 is 1.16 bits per heavy atom. The molecule has 1 aromatic rings. The van der Waals surface area contributed by atoms with Crippen molar-refractivity contribution in [3.05, 3.63) is 18.2 Å². The molecule has 1 aromatic carbocycles. The molecule has 0 spiro atoms. The second kappa shape index (κ2) is 9.46. The van der Waals surface area contributed by atoms with Crippen LogP contribution in [0.5, 0.6) is 0 Å². The minimum absolute atomic E-state index is 0.0222. The average molecular weight is 450 g/mol. The van der Waals surface area contributed by atoms with Gasteiger partial charge in [0.2, 0.25) is 15.9 Å². The smallest absolute Gasteiger partial charge is 0.243 e. The van der Waals surface area contributed by atoms with Crippen LogP contribution >= 0.6 is 0 Å². The van der Waals surface area contributed by atoms with Crippen molar-refractivity contribution in [3.63, 3.8) is 0 Å². The summed E-state index contributed by atoms with van der Waals surface area (Å²) in [6, 6.07) is 4.99. The van der Waals surface area contributed by atoms with Gasteiger partial charge in [-0.3, -0.25) is 4.79 Å². The zero-order chi connectivity index (χ0) is 22.0. The molecule has 7 nitrogen and oxygen atoms in total. The van der Waals surface area contributed by atoms with Crippen molar-refractivity contribution in [2.75, 3.05) is 43.5 Å². The van der Waals surface area contributed by atoms with E-state index in [1.165, 1.54) is 23.6 Å². The van der Waals surface area contributed by atoms with Crippen molar-refractivity contribution in [2.24, 2.45) is 23.7 Å². The number of nitrogens with zero attached hydrogens (tertiary/aromatic N) is 1. The Labute approximate surface area is 186 Å². The summed E-state index contributed by atoms with van der Waals surface area (Å²) in [6.07, 6.45) is 5.50. The maximum atomic E-state index is 13.1. The molecule has 2 aliphatic carbocycles. The van der Waals surface area contributed by atoms with Gasteiger partial charge >= 0.3 is 0 Å². The highest BCUT2D eigenvalue weighted by molar-refractivity contribution is 7.89. The number of ether oxygens (including phenoxy) is 1. The Morgan fingerprint density at radius 2 is 1.94 bits per heavy atom. The van der Waals surface area contributed by atoms with Crippen molar-refractivity contribution in [3.8, 4) is 0 Å². The lowest BCUT2D eigenvalue weighted by Crippen LogP contribution is -2.40. The van der Waals surface area contributed by atoms with Crippen LogP contribution < -0.4 is 10.6 Å². The first-order chi connectivity index (χ1) is 14.8. The molecule has 2 N–H and O–H groups in total. The summed E-state index contributed by atoms with van der Waals surface area (Å²) in [4.78, 5) is 13.1. The summed E-state index contributed by atoms with van der Waals surface area (Å²) < 4.78 is 33.0. The van der Waals surface area contributed by atoms with Crippen molar-refractivity contribution < 1.29 is 17.9 Å². The highest BCUT2D eigenvalue weighted by atomic mass is 32.2. The molecule has 8 heteroatoms. The van der Waals surface area contributed by atoms with Crippen LogP contribution in [0, 0.1) is 23.7 Å². The molecule has 2 bridgehead atoms. The molecule has 31 heavy (non-hydrogen) atoms. The van der Waals surface area contributed by atoms with Crippen molar-refractivity contribution >= 4 is 27.3 Å². The summed E-state index contributed by atoms with van der Waals surface area (Å²) in [6.45, 7) is 6.46. The minimum atomic E-state index is -3.62. The van der Waals surface area contributed by atoms with Gasteiger partial charge < -0.3 is 15.4 Å². The Morgan fingerprint density at radius 3 is 2.58 bits per heavy atom. The fraction of sp³-hybridized carbons (Fsp3) is 0.696. The number of sulfonamides is 1. The number of hydrogen-bond acceptors (Lipinski definition) is 5. The van der Waals surface area contributed by atoms with Gasteiger partial charge in [-0.05, 0) is 61.1 Å². The van der Waals surface area contributed by atoms with E-state index in [0.29, 0.717) is 56.2 Å². The Bertz CT molecular complexity index is 896. The van der Waals surface area contributed by atoms with Gasteiger partial charge in [0.25, 0.3) is 0 Å². The monoisotopic (exact) mass is 449 g/mol. The van der Waals surface area contributed by atoms with Crippen molar-refractivity contribution in [2.45, 2.75) is 50.8 Å². The van der Waals surface area contributed by atoms with Crippen LogP contribution in [-0.2, 0) is 19.6 Å². The molecule has 2 saturated carbocycles. The maximum absolute atomic E-state index is 13.1. The van der Waals surface area contributed by atoms with E-state index in [2.05, 4.69) is 24.5 Å². The first-order valence-corrected chi connectivity index (χ1v) is 13.0. The molecular formula is C23H35N3O4S. The average Bonchev–Trinajstić information content (AvgIpc) is 3.36. The third-order valence-corrected chi connectivity index (χ3v) is 8.80. The minimum Gasteiger partial charge on any atom is -0.383 e. The summed E-state index contributed by atoms with van der Waals surface area (Å²) in [5, 5.41) is 6.38. The van der Waals surface area contributed by atoms with Crippen LogP contribution in [0.2, 0.25) is 0 Å². The largest absolute Gasteiger partial charge is 0.383 e. The maximum Gasteiger partial charge on any atom is 0.243 e. The Kier molecular flexibility index (Phi) is 6.89. The number of fused-ring (bicyclic) bond motifs is 2. The standard InChI is InChI=1S/C23H35N3O4S/c1-16(2)15-24-21-6-5-20(31(28,29)26-7-9-30-10-8-26)14-22(21)25-23(27)13-19-12-17-3-4-18(19)11-17/h5-6,14,16-19,24H,3-4,7-13,15H2,1-2H3,(H,25,27). The number of benzene rings is 1. The van der Waals surface area contributed by atoms with E-state index in [1.807, 2.05) is 0 Å². The number of amides is 1. The first-order valence-electron chi connectivity index (χ1n) is 11.6. The second-order valence-electron chi connectivity index (χ2n) is 9.69. The summed E-state index contributed by atoms with van der Waals surface area (Å²) >= 11 is 0. The van der Waals surface area contributed by atoms with Gasteiger partial charge in [0.05, 0.1) is 29.5 Å². The zero-order valence-electron chi connectivity index (χ0n) is 18.6. The van der Waals surface area contributed by atoms with E-state index in [4.69, 9.17) is 4.74 Å². The normalized spacial score (nSPS) is 26.4. The predicted molar refractivity (Wildman–Crippen MR) is 122 cm³/mol. The van der Waals surface area contributed by atoms with Crippen molar-refractivity contribution in [1.82, 2.24) is 4.31 Å². The first kappa shape index (κ1) is 22.6. The molecule has 172 valence electrons. The van der Waals surface area contributed by atoms with Gasteiger partial charge in [-0.1, -0.05) is 20.3 Å². The summed E-state index contributed by atoms with van der Waals surface area (Å²) in [7, 11) is -3.62. The highest BCUT2D eigenvalue weighted by Crippen LogP contribution is 2.49. The molecule has 3 fully saturated rings. The number of rotatable bonds is 8. The van der Waals surface area contributed by atoms with Crippen LogP contribution in [-0.4, -0.2) is 51.5 Å². The molecule has 0 radical (unpaired) electrons. The van der Waals surface area contributed by atoms with Crippen LogP contribution in [0.1, 0.15) is 46.0 Å². The highest BCUT2D eigenvalue weighted by Gasteiger charge is 2.40. The van der Waals surface area contributed by atoms with Crippen LogP contribution in [0.3, 0.4) is 0 Å². The Hall–Kier alpha value is -1.64. The topological polar surface area (TPSA) is 87.7 Å². The quantitative estimate of drug-likeness (QED) is 0.634. The van der Waals surface area contributed by atoms with E-state index in [1.54, 1.807) is 18.2 Å². The van der Waals surface area contributed by atoms with E-state index in [-0.39, 0.29) is 10.8 Å². The second-order valence-corrected chi connectivity index (χ2v) is 11.6. The fourth-order valence-corrected chi connectivity index (χ4v) is 6.69. The third kappa shape index (κ3) is 5.23. The number of morpholine rings is 1. The zero-order valence-corrected chi connectivity index (χ0v) is 19.4. The number of carbonyl (C=O) groups excluding carboxylic acids is 1. The van der Waals surface area contributed by atoms with Crippen molar-refractivity contribution in [1.29, 1.82) is 0 Å². The molecule has 1 aliphatic heterocycles. The van der Waals surface area contributed by atoms with Gasteiger partial charge in [0.1, 0.15) is 0 Å². The molecule has 3 aliphatic rings. The molecule has 1 saturated heterocycles. The lowest BCUT2D eigenvalue weighted by Gasteiger charge is -2.26. The van der Waals surface area contributed by atoms with Gasteiger partial charge in [0, 0.05) is 26.1 Å². The molecule has 4 rings (SSSR count). The summed E-state index contributed by atoms with van der Waals surface area (Å²) in [5.74, 6) is 2.35. The van der Waals surface area contributed by atoms with E-state index in [9.17, 15) is 13.2 Å². The molecule has 1 amide bonds. The van der Waals surface area contributed by atoms with E-state index >= 15 is 0 Å². The number of hydrogen-bond donors (Lipinski definition) is 2. The predicted octanol–water partition coefficient (Wildman–Crippen LogP) is 3.54. The molecule has 3 unspecified atom stereocenters. The fourth-order valence-electron chi connectivity index (χ4n) is 5.26. The van der Waals surface area contributed by atoms with Gasteiger partial charge in [0.15, 0.2) is 0 Å². The van der Waals surface area contributed by atoms with Gasteiger partial charge in [-0.25, -0.2) is 8.42 Å². The van der Waals surface area contributed by atoms with Gasteiger partial charge in [-0.2, -0.15) is 4.31 Å². The lowest BCUT2D eigenvalue weighted by molar-refractivity contribution is -0.117.